The van der Waals surface area contributed by atoms with E-state index in [0.29, 0.717) is 11.3 Å². The topological polar surface area (TPSA) is 56.2 Å². The molecule has 1 fully saturated rings. The van der Waals surface area contributed by atoms with Crippen LogP contribution in [0.4, 0.5) is 15.8 Å². The number of amides is 1. The molecule has 2 aliphatic rings. The van der Waals surface area contributed by atoms with Crippen LogP contribution in [0.1, 0.15) is 6.42 Å². The highest BCUT2D eigenvalue weighted by atomic mass is 32.2. The van der Waals surface area contributed by atoms with Crippen molar-refractivity contribution in [3.63, 3.8) is 0 Å². The molecule has 2 aromatic carbocycles. The number of carbonyl (C=O) groups excluding carboxylic acids is 1. The lowest BCUT2D eigenvalue weighted by Crippen LogP contribution is -2.28. The predicted molar refractivity (Wildman–Crippen MR) is 89.2 cm³/mol. The Bertz CT molecular complexity index is 833. The number of carbonyl (C=O) groups is 1. The summed E-state index contributed by atoms with van der Waals surface area (Å²) in [5, 5.41) is 12.4. The zero-order valence-corrected chi connectivity index (χ0v) is 12.8. The second-order valence-electron chi connectivity index (χ2n) is 5.26. The van der Waals surface area contributed by atoms with Crippen molar-refractivity contribution in [2.45, 2.75) is 11.3 Å². The van der Waals surface area contributed by atoms with Gasteiger partial charge in [-0.25, -0.2) is 4.39 Å². The van der Waals surface area contributed by atoms with Gasteiger partial charge in [0.2, 0.25) is 5.91 Å². The molecule has 0 saturated carbocycles. The summed E-state index contributed by atoms with van der Waals surface area (Å²) in [4.78, 5) is 14.7. The molecule has 0 unspecified atom stereocenters. The molecule has 114 valence electrons. The highest BCUT2D eigenvalue weighted by molar-refractivity contribution is 8.03. The summed E-state index contributed by atoms with van der Waals surface area (Å²) in [7, 11) is 0. The fourth-order valence-corrected chi connectivity index (χ4v) is 3.73. The largest absolute Gasteiger partial charge is 0.349 e. The Morgan fingerprint density at radius 3 is 2.61 bits per heavy atom. The van der Waals surface area contributed by atoms with E-state index in [1.165, 1.54) is 40.9 Å². The second-order valence-corrected chi connectivity index (χ2v) is 6.31. The van der Waals surface area contributed by atoms with Gasteiger partial charge in [-0.15, -0.1) is 0 Å². The van der Waals surface area contributed by atoms with Crippen LogP contribution in [0.25, 0.3) is 0 Å². The molecule has 0 spiro atoms. The lowest BCUT2D eigenvalue weighted by atomic mass is 10.2. The van der Waals surface area contributed by atoms with Gasteiger partial charge in [-0.1, -0.05) is 23.9 Å². The molecule has 2 heterocycles. The molecule has 2 N–H and O–H groups in total. The second kappa shape index (κ2) is 5.24. The molecule has 1 amide bonds. The SMILES string of the molecule is N=C1/C(=C2\Nc3ccccc3S2)CC(=O)N1c1ccc(F)cc1. The molecule has 0 aliphatic carbocycles. The number of benzene rings is 2. The molecular formula is C17H12FN3OS. The van der Waals surface area contributed by atoms with Crippen molar-refractivity contribution in [1.29, 1.82) is 5.41 Å². The highest BCUT2D eigenvalue weighted by Crippen LogP contribution is 2.44. The number of anilines is 2. The van der Waals surface area contributed by atoms with Gasteiger partial charge in [-0.3, -0.25) is 15.1 Å². The van der Waals surface area contributed by atoms with Crippen molar-refractivity contribution in [3.8, 4) is 0 Å². The first-order valence-corrected chi connectivity index (χ1v) is 7.89. The molecule has 0 radical (unpaired) electrons. The van der Waals surface area contributed by atoms with Crippen LogP contribution in [0.5, 0.6) is 0 Å². The van der Waals surface area contributed by atoms with Gasteiger partial charge in [-0.05, 0) is 36.4 Å². The van der Waals surface area contributed by atoms with Crippen molar-refractivity contribution in [3.05, 3.63) is 65.0 Å². The summed E-state index contributed by atoms with van der Waals surface area (Å²) in [6.07, 6.45) is 0.166. The van der Waals surface area contributed by atoms with Gasteiger partial charge in [0.25, 0.3) is 0 Å². The van der Waals surface area contributed by atoms with E-state index in [-0.39, 0.29) is 24.0 Å². The maximum Gasteiger partial charge on any atom is 0.237 e. The molecule has 4 nitrogen and oxygen atoms in total. The van der Waals surface area contributed by atoms with E-state index in [0.717, 1.165) is 15.6 Å². The Kier molecular flexibility index (Phi) is 3.20. The first-order chi connectivity index (χ1) is 11.1. The minimum atomic E-state index is -0.367. The molecular weight excluding hydrogens is 313 g/mol. The normalized spacial score (nSPS) is 20.0. The lowest BCUT2D eigenvalue weighted by molar-refractivity contribution is -0.116. The number of para-hydroxylation sites is 1. The molecule has 23 heavy (non-hydrogen) atoms. The van der Waals surface area contributed by atoms with E-state index in [1.807, 2.05) is 24.3 Å². The molecule has 2 aliphatic heterocycles. The quantitative estimate of drug-likeness (QED) is 0.834. The molecule has 1 saturated heterocycles. The van der Waals surface area contributed by atoms with Crippen molar-refractivity contribution in [2.75, 3.05) is 10.2 Å². The van der Waals surface area contributed by atoms with E-state index in [9.17, 15) is 9.18 Å². The Labute approximate surface area is 136 Å². The van der Waals surface area contributed by atoms with Gasteiger partial charge in [0, 0.05) is 10.5 Å². The van der Waals surface area contributed by atoms with Gasteiger partial charge in [-0.2, -0.15) is 0 Å². The van der Waals surface area contributed by atoms with E-state index < -0.39 is 0 Å². The van der Waals surface area contributed by atoms with Crippen molar-refractivity contribution in [1.82, 2.24) is 0 Å². The Hall–Kier alpha value is -2.60. The van der Waals surface area contributed by atoms with Crippen LogP contribution in [-0.4, -0.2) is 11.7 Å². The fourth-order valence-electron chi connectivity index (χ4n) is 2.68. The highest BCUT2D eigenvalue weighted by Gasteiger charge is 2.35. The number of halogens is 1. The van der Waals surface area contributed by atoms with Crippen LogP contribution in [0.15, 0.2) is 64.0 Å². The Morgan fingerprint density at radius 1 is 1.13 bits per heavy atom. The third-order valence-electron chi connectivity index (χ3n) is 3.79. The van der Waals surface area contributed by atoms with Gasteiger partial charge in [0.15, 0.2) is 0 Å². The average molecular weight is 325 g/mol. The van der Waals surface area contributed by atoms with E-state index in [4.69, 9.17) is 5.41 Å². The van der Waals surface area contributed by atoms with Crippen molar-refractivity contribution < 1.29 is 9.18 Å². The van der Waals surface area contributed by atoms with E-state index in [2.05, 4.69) is 5.32 Å². The van der Waals surface area contributed by atoms with Crippen LogP contribution >= 0.6 is 11.8 Å². The molecule has 0 bridgehead atoms. The number of thioether (sulfide) groups is 1. The smallest absolute Gasteiger partial charge is 0.237 e. The zero-order chi connectivity index (χ0) is 16.0. The Morgan fingerprint density at radius 2 is 1.87 bits per heavy atom. The van der Waals surface area contributed by atoms with Crippen LogP contribution in [0.2, 0.25) is 0 Å². The zero-order valence-electron chi connectivity index (χ0n) is 12.0. The first kappa shape index (κ1) is 14.0. The first-order valence-electron chi connectivity index (χ1n) is 7.08. The predicted octanol–water partition coefficient (Wildman–Crippen LogP) is 3.97. The molecule has 0 aromatic heterocycles. The minimum Gasteiger partial charge on any atom is -0.349 e. The monoisotopic (exact) mass is 325 g/mol. The van der Waals surface area contributed by atoms with Gasteiger partial charge in [0.1, 0.15) is 11.7 Å². The molecule has 4 rings (SSSR count). The lowest BCUT2D eigenvalue weighted by Gasteiger charge is -2.15. The summed E-state index contributed by atoms with van der Waals surface area (Å²) in [6, 6.07) is 13.5. The summed E-state index contributed by atoms with van der Waals surface area (Å²) >= 11 is 1.53. The summed E-state index contributed by atoms with van der Waals surface area (Å²) < 4.78 is 13.1. The van der Waals surface area contributed by atoms with E-state index >= 15 is 0 Å². The number of nitrogens with one attached hydrogen (secondary N) is 2. The van der Waals surface area contributed by atoms with Crippen LogP contribution < -0.4 is 10.2 Å². The number of nitrogens with zero attached hydrogens (tertiary/aromatic N) is 1. The summed E-state index contributed by atoms with van der Waals surface area (Å²) in [5.41, 5.74) is 2.17. The van der Waals surface area contributed by atoms with Crippen LogP contribution in [0.3, 0.4) is 0 Å². The number of rotatable bonds is 1. The number of hydrogen-bond donors (Lipinski definition) is 2. The maximum atomic E-state index is 13.1. The standard InChI is InChI=1S/C17H12FN3OS/c18-10-5-7-11(8-6-10)21-15(22)9-12(16(21)19)17-20-13-3-1-2-4-14(13)23-17/h1-8,19-20H,9H2/b17-12+,19-16?. The molecule has 6 heteroatoms. The number of fused-ring (bicyclic) bond motifs is 1. The summed E-state index contributed by atoms with van der Waals surface area (Å²) in [5.74, 6) is -0.402. The van der Waals surface area contributed by atoms with Gasteiger partial charge in [0.05, 0.1) is 22.8 Å². The molecule has 2 aromatic rings. The summed E-state index contributed by atoms with van der Waals surface area (Å²) in [6.45, 7) is 0. The van der Waals surface area contributed by atoms with Gasteiger partial charge < -0.3 is 5.32 Å². The van der Waals surface area contributed by atoms with Gasteiger partial charge >= 0.3 is 0 Å². The van der Waals surface area contributed by atoms with Crippen molar-refractivity contribution in [2.24, 2.45) is 0 Å². The molecule has 0 atom stereocenters. The van der Waals surface area contributed by atoms with Crippen LogP contribution in [-0.2, 0) is 4.79 Å². The number of hydrogen-bond acceptors (Lipinski definition) is 4. The third-order valence-corrected chi connectivity index (χ3v) is 4.92. The van der Waals surface area contributed by atoms with Crippen molar-refractivity contribution >= 4 is 34.9 Å². The Balaban J connectivity index is 1.69. The average Bonchev–Trinajstić information content (AvgIpc) is 3.09. The van der Waals surface area contributed by atoms with E-state index in [1.54, 1.807) is 0 Å². The maximum absolute atomic E-state index is 13.1. The third kappa shape index (κ3) is 2.31. The number of amidine groups is 1. The fraction of sp³-hybridized carbons (Fsp3) is 0.0588. The van der Waals surface area contributed by atoms with Crippen LogP contribution in [0, 0.1) is 11.2 Å². The minimum absolute atomic E-state index is 0.143.